The van der Waals surface area contributed by atoms with Gasteiger partial charge < -0.3 is 33.5 Å². The third-order valence-electron chi connectivity index (χ3n) is 10.7. The van der Waals surface area contributed by atoms with E-state index in [4.69, 9.17) is 35.3 Å². The van der Waals surface area contributed by atoms with Crippen molar-refractivity contribution in [1.29, 1.82) is 0 Å². The zero-order chi connectivity index (χ0) is 38.7. The smallest absolute Gasteiger partial charge is 0.312 e. The number of hydrogen-bond donors (Lipinski definition) is 0. The Morgan fingerprint density at radius 3 is 2.65 bits per heavy atom. The molecule has 0 unspecified atom stereocenters. The van der Waals surface area contributed by atoms with Crippen molar-refractivity contribution in [3.05, 3.63) is 63.2 Å². The molecule has 0 spiro atoms. The highest BCUT2D eigenvalue weighted by Crippen LogP contribution is 2.48. The largest absolute Gasteiger partial charge is 0.497 e. The van der Waals surface area contributed by atoms with Gasteiger partial charge in [-0.15, -0.1) is 5.10 Å². The van der Waals surface area contributed by atoms with E-state index < -0.39 is 47.9 Å². The van der Waals surface area contributed by atoms with Crippen molar-refractivity contribution >= 4 is 29.4 Å². The summed E-state index contributed by atoms with van der Waals surface area (Å²) in [5.74, 6) is -2.19. The molecule has 292 valence electrons. The lowest BCUT2D eigenvalue weighted by Crippen LogP contribution is -2.54. The summed E-state index contributed by atoms with van der Waals surface area (Å²) < 4.78 is 72.5. The monoisotopic (exact) mass is 777 g/mol. The van der Waals surface area contributed by atoms with Crippen LogP contribution in [0.25, 0.3) is 0 Å². The van der Waals surface area contributed by atoms with E-state index in [9.17, 15) is 23.2 Å². The molecular weight excluding hydrogens is 735 g/mol. The van der Waals surface area contributed by atoms with Gasteiger partial charge in [0, 0.05) is 48.9 Å². The van der Waals surface area contributed by atoms with Crippen LogP contribution in [0, 0.1) is 17.2 Å². The molecular formula is C37H43ClF3N5O8. The van der Waals surface area contributed by atoms with Gasteiger partial charge in [-0.1, -0.05) is 29.7 Å². The van der Waals surface area contributed by atoms with Crippen molar-refractivity contribution in [3.8, 4) is 17.2 Å². The van der Waals surface area contributed by atoms with E-state index in [1.165, 1.54) is 26.2 Å². The lowest BCUT2D eigenvalue weighted by atomic mass is 9.66. The topological polar surface area (TPSA) is 135 Å². The Kier molecular flexibility index (Phi) is 11.9. The molecule has 1 saturated heterocycles. The number of nitrogens with zero attached hydrogens (tertiary/aromatic N) is 5. The van der Waals surface area contributed by atoms with Crippen molar-refractivity contribution in [2.45, 2.75) is 64.7 Å². The van der Waals surface area contributed by atoms with E-state index in [0.717, 1.165) is 10.7 Å². The Bertz CT molecular complexity index is 1900. The number of methoxy groups -OCH3 is 2. The standard InChI is InChI=1S/C37H43ClF3N5O8/c1-37(36(49)54-18-21-8-9-22(50-3)15-29(21)51-4)11-6-5-7-24(37)35(48)46-12-10-23-25(38)16-26(39)33(53-19-27-32(34(40)41)44(2)43-42-27)31(23)28(46)17-45-13-14-52-20-30(45)47/h8-9,15-16,24,28,34H,5-7,10-14,17-20H2,1-4H3/t24-,28+,37-/m0/s1. The quantitative estimate of drug-likeness (QED) is 0.221. The molecule has 2 fully saturated rings. The number of halogens is 4. The number of hydrogen-bond acceptors (Lipinski definition) is 10. The summed E-state index contributed by atoms with van der Waals surface area (Å²) in [6.45, 7) is 1.45. The molecule has 0 radical (unpaired) electrons. The second-order valence-electron chi connectivity index (χ2n) is 13.9. The molecule has 2 aliphatic heterocycles. The van der Waals surface area contributed by atoms with Crippen molar-refractivity contribution in [2.24, 2.45) is 18.4 Å². The first-order valence-corrected chi connectivity index (χ1v) is 18.1. The normalized spacial score (nSPS) is 21.5. The van der Waals surface area contributed by atoms with E-state index in [-0.39, 0.29) is 79.7 Å². The number of carbonyl (C=O) groups is 3. The summed E-state index contributed by atoms with van der Waals surface area (Å²) in [5, 5.41) is 7.55. The van der Waals surface area contributed by atoms with Crippen LogP contribution in [0.5, 0.6) is 17.2 Å². The number of aryl methyl sites for hydroxylation is 1. The van der Waals surface area contributed by atoms with Gasteiger partial charge in [0.2, 0.25) is 11.8 Å². The summed E-state index contributed by atoms with van der Waals surface area (Å²) in [7, 11) is 4.34. The number of amides is 2. The van der Waals surface area contributed by atoms with E-state index in [1.807, 2.05) is 0 Å². The van der Waals surface area contributed by atoms with Crippen LogP contribution in [-0.4, -0.2) is 89.6 Å². The molecule has 2 aromatic carbocycles. The SMILES string of the molecule is COc1ccc(COC(=O)[C@@]2(C)CCCC[C@H]2C(=O)N2CCc3c(Cl)cc(F)c(OCc4nnn(C)c4C(F)F)c3[C@H]2CN2CCOCC2=O)c(OC)c1. The molecule has 6 rings (SSSR count). The summed E-state index contributed by atoms with van der Waals surface area (Å²) >= 11 is 6.63. The fourth-order valence-electron chi connectivity index (χ4n) is 7.73. The Morgan fingerprint density at radius 2 is 1.93 bits per heavy atom. The van der Waals surface area contributed by atoms with Gasteiger partial charge in [-0.2, -0.15) is 0 Å². The van der Waals surface area contributed by atoms with Gasteiger partial charge in [-0.25, -0.2) is 17.9 Å². The fraction of sp³-hybridized carbons (Fsp3) is 0.541. The highest BCUT2D eigenvalue weighted by Gasteiger charge is 2.51. The van der Waals surface area contributed by atoms with Crippen LogP contribution in [-0.2, 0) is 50.5 Å². The molecule has 1 saturated carbocycles. The first-order valence-electron chi connectivity index (χ1n) is 17.7. The number of fused-ring (bicyclic) bond motifs is 1. The molecule has 3 aromatic rings. The maximum atomic E-state index is 16.0. The molecule has 2 amide bonds. The highest BCUT2D eigenvalue weighted by atomic mass is 35.5. The van der Waals surface area contributed by atoms with Gasteiger partial charge in [0.15, 0.2) is 11.6 Å². The predicted molar refractivity (Wildman–Crippen MR) is 187 cm³/mol. The Hall–Kier alpha value is -4.57. The molecule has 3 aliphatic rings. The number of morpholine rings is 1. The zero-order valence-corrected chi connectivity index (χ0v) is 31.3. The lowest BCUT2D eigenvalue weighted by Gasteiger charge is -2.46. The van der Waals surface area contributed by atoms with E-state index >= 15 is 4.39 Å². The van der Waals surface area contributed by atoms with Gasteiger partial charge in [-0.3, -0.25) is 14.4 Å². The Morgan fingerprint density at radius 1 is 1.13 bits per heavy atom. The van der Waals surface area contributed by atoms with E-state index in [1.54, 1.807) is 30.0 Å². The maximum Gasteiger partial charge on any atom is 0.312 e. The zero-order valence-electron chi connectivity index (χ0n) is 30.5. The minimum Gasteiger partial charge on any atom is -0.497 e. The minimum atomic E-state index is -2.92. The molecule has 13 nitrogen and oxygen atoms in total. The van der Waals surface area contributed by atoms with Crippen molar-refractivity contribution < 1.29 is 51.2 Å². The number of rotatable bonds is 12. The van der Waals surface area contributed by atoms with Crippen molar-refractivity contribution in [3.63, 3.8) is 0 Å². The van der Waals surface area contributed by atoms with E-state index in [0.29, 0.717) is 48.3 Å². The minimum absolute atomic E-state index is 0.0599. The molecule has 17 heteroatoms. The summed E-state index contributed by atoms with van der Waals surface area (Å²) in [6, 6.07) is 5.26. The predicted octanol–water partition coefficient (Wildman–Crippen LogP) is 5.37. The van der Waals surface area contributed by atoms with Crippen molar-refractivity contribution in [1.82, 2.24) is 24.8 Å². The summed E-state index contributed by atoms with van der Waals surface area (Å²) in [4.78, 5) is 45.1. The number of aromatic nitrogens is 3. The fourth-order valence-corrected chi connectivity index (χ4v) is 8.02. The second-order valence-corrected chi connectivity index (χ2v) is 14.3. The van der Waals surface area contributed by atoms with Gasteiger partial charge in [-0.05, 0) is 49.9 Å². The van der Waals surface area contributed by atoms with Crippen LogP contribution in [0.1, 0.15) is 73.2 Å². The number of carbonyl (C=O) groups excluding carboxylic acids is 3. The molecule has 3 heterocycles. The molecule has 1 aromatic heterocycles. The van der Waals surface area contributed by atoms with Crippen LogP contribution in [0.3, 0.4) is 0 Å². The molecule has 1 aliphatic carbocycles. The summed E-state index contributed by atoms with van der Waals surface area (Å²) in [6.07, 6.45) is -0.574. The molecule has 0 bridgehead atoms. The van der Waals surface area contributed by atoms with Gasteiger partial charge in [0.05, 0.1) is 38.2 Å². The number of esters is 1. The van der Waals surface area contributed by atoms with Crippen LogP contribution in [0.4, 0.5) is 13.2 Å². The van der Waals surface area contributed by atoms with E-state index in [2.05, 4.69) is 10.3 Å². The highest BCUT2D eigenvalue weighted by molar-refractivity contribution is 6.31. The maximum absolute atomic E-state index is 16.0. The van der Waals surface area contributed by atoms with Crippen LogP contribution >= 0.6 is 11.6 Å². The Labute approximate surface area is 315 Å². The van der Waals surface area contributed by atoms with Crippen LogP contribution < -0.4 is 14.2 Å². The molecule has 3 atom stereocenters. The van der Waals surface area contributed by atoms with Crippen LogP contribution in [0.2, 0.25) is 5.02 Å². The Balaban J connectivity index is 1.34. The molecule has 54 heavy (non-hydrogen) atoms. The van der Waals surface area contributed by atoms with Gasteiger partial charge >= 0.3 is 5.97 Å². The van der Waals surface area contributed by atoms with Crippen LogP contribution in [0.15, 0.2) is 24.3 Å². The second kappa shape index (κ2) is 16.4. The summed E-state index contributed by atoms with van der Waals surface area (Å²) in [5.41, 5.74) is -0.568. The van der Waals surface area contributed by atoms with Gasteiger partial charge in [0.25, 0.3) is 6.43 Å². The lowest BCUT2D eigenvalue weighted by molar-refractivity contribution is -0.169. The number of alkyl halides is 2. The third kappa shape index (κ3) is 7.67. The number of ether oxygens (including phenoxy) is 5. The first kappa shape index (κ1) is 39.1. The third-order valence-corrected chi connectivity index (χ3v) is 11.1. The average molecular weight is 778 g/mol. The molecule has 0 N–H and O–H groups in total. The van der Waals surface area contributed by atoms with Crippen molar-refractivity contribution in [2.75, 3.05) is 47.1 Å². The van der Waals surface area contributed by atoms with Gasteiger partial charge in [0.1, 0.15) is 42.7 Å². The average Bonchev–Trinajstić information content (AvgIpc) is 3.54. The first-order chi connectivity index (χ1) is 25.9. The number of benzene rings is 2.